The van der Waals surface area contributed by atoms with Gasteiger partial charge in [-0.15, -0.1) is 0 Å². The van der Waals surface area contributed by atoms with Crippen molar-refractivity contribution in [1.82, 2.24) is 0 Å². The molecule has 0 radical (unpaired) electrons. The molecule has 1 N–H and O–H groups in total. The molecule has 0 aliphatic heterocycles. The highest BCUT2D eigenvalue weighted by Crippen LogP contribution is 2.38. The van der Waals surface area contributed by atoms with Crippen LogP contribution < -0.4 is 0 Å². The first-order valence-corrected chi connectivity index (χ1v) is 12.8. The molecule has 0 aromatic rings. The Balaban J connectivity index is 3.87. The number of hydrogen-bond acceptors (Lipinski definition) is 2. The average Bonchev–Trinajstić information content (AvgIpc) is 2.74. The third-order valence-corrected chi connectivity index (χ3v) is 7.67. The molecule has 2 heteroatoms. The number of ether oxygens (including phenoxy) is 1. The van der Waals surface area contributed by atoms with E-state index in [1.54, 1.807) is 0 Å². The SMILES string of the molecule is CCCCC(CC)(CC)CCCCOCCCCC(CC)(CC)CCCCO. The second-order valence-corrected chi connectivity index (χ2v) is 9.23. The van der Waals surface area contributed by atoms with E-state index in [2.05, 4.69) is 34.6 Å². The monoisotopic (exact) mass is 398 g/mol. The fourth-order valence-corrected chi connectivity index (χ4v) is 4.84. The lowest BCUT2D eigenvalue weighted by molar-refractivity contribution is 0.113. The Bertz CT molecular complexity index is 318. The first kappa shape index (κ1) is 27.9. The number of rotatable bonds is 21. The van der Waals surface area contributed by atoms with E-state index in [9.17, 15) is 0 Å². The van der Waals surface area contributed by atoms with Gasteiger partial charge in [0.2, 0.25) is 0 Å². The lowest BCUT2D eigenvalue weighted by Gasteiger charge is -2.32. The van der Waals surface area contributed by atoms with Crippen LogP contribution in [0.25, 0.3) is 0 Å². The standard InChI is InChI=1S/C26H54O2/c1-6-11-18-25(7-2,8-3)20-13-16-23-28-24-17-14-21-26(9-4,10-5)19-12-15-22-27/h27H,6-24H2,1-5H3. The molecule has 170 valence electrons. The van der Waals surface area contributed by atoms with E-state index in [1.807, 2.05) is 0 Å². The van der Waals surface area contributed by atoms with Crippen molar-refractivity contribution in [1.29, 1.82) is 0 Å². The molecule has 0 fully saturated rings. The molecular weight excluding hydrogens is 344 g/mol. The minimum Gasteiger partial charge on any atom is -0.396 e. The number of hydrogen-bond donors (Lipinski definition) is 1. The molecule has 0 unspecified atom stereocenters. The van der Waals surface area contributed by atoms with Crippen molar-refractivity contribution in [3.8, 4) is 0 Å². The van der Waals surface area contributed by atoms with E-state index in [-0.39, 0.29) is 0 Å². The van der Waals surface area contributed by atoms with Gasteiger partial charge in [0.05, 0.1) is 0 Å². The summed E-state index contributed by atoms with van der Waals surface area (Å²) in [5.74, 6) is 0. The number of aliphatic hydroxyl groups excluding tert-OH is 1. The Hall–Kier alpha value is -0.0800. The van der Waals surface area contributed by atoms with E-state index in [1.165, 1.54) is 96.3 Å². The first-order chi connectivity index (χ1) is 13.6. The van der Waals surface area contributed by atoms with Crippen LogP contribution in [-0.2, 0) is 4.74 Å². The summed E-state index contributed by atoms with van der Waals surface area (Å²) in [5.41, 5.74) is 1.09. The van der Waals surface area contributed by atoms with Crippen LogP contribution in [0.3, 0.4) is 0 Å². The first-order valence-electron chi connectivity index (χ1n) is 12.8. The molecule has 2 nitrogen and oxygen atoms in total. The van der Waals surface area contributed by atoms with E-state index in [0.717, 1.165) is 19.6 Å². The zero-order valence-electron chi connectivity index (χ0n) is 20.3. The Labute approximate surface area is 178 Å². The van der Waals surface area contributed by atoms with E-state index in [0.29, 0.717) is 17.4 Å². The smallest absolute Gasteiger partial charge is 0.0466 e. The quantitative estimate of drug-likeness (QED) is 0.197. The Kier molecular flexibility index (Phi) is 17.7. The molecule has 0 aromatic carbocycles. The second-order valence-electron chi connectivity index (χ2n) is 9.23. The summed E-state index contributed by atoms with van der Waals surface area (Å²) in [6.07, 6.45) is 20.5. The van der Waals surface area contributed by atoms with Crippen LogP contribution in [0.1, 0.15) is 137 Å². The van der Waals surface area contributed by atoms with Gasteiger partial charge < -0.3 is 9.84 Å². The fraction of sp³-hybridized carbons (Fsp3) is 1.00. The minimum absolute atomic E-state index is 0.341. The van der Waals surface area contributed by atoms with Crippen LogP contribution in [0, 0.1) is 10.8 Å². The number of aliphatic hydroxyl groups is 1. The van der Waals surface area contributed by atoms with Crippen molar-refractivity contribution in [2.45, 2.75) is 137 Å². The zero-order valence-corrected chi connectivity index (χ0v) is 20.3. The maximum Gasteiger partial charge on any atom is 0.0466 e. The average molecular weight is 399 g/mol. The Morgan fingerprint density at radius 2 is 0.929 bits per heavy atom. The van der Waals surface area contributed by atoms with Gasteiger partial charge in [-0.1, -0.05) is 92.4 Å². The van der Waals surface area contributed by atoms with Gasteiger partial charge in [-0.05, 0) is 55.8 Å². The predicted octanol–water partition coefficient (Wildman–Crippen LogP) is 8.31. The molecule has 0 saturated carbocycles. The van der Waals surface area contributed by atoms with Crippen LogP contribution >= 0.6 is 0 Å². The largest absolute Gasteiger partial charge is 0.396 e. The van der Waals surface area contributed by atoms with Crippen LogP contribution in [-0.4, -0.2) is 24.9 Å². The van der Waals surface area contributed by atoms with Crippen molar-refractivity contribution in [3.05, 3.63) is 0 Å². The van der Waals surface area contributed by atoms with Crippen LogP contribution in [0.4, 0.5) is 0 Å². The second kappa shape index (κ2) is 17.8. The van der Waals surface area contributed by atoms with Gasteiger partial charge in [0, 0.05) is 19.8 Å². The van der Waals surface area contributed by atoms with Gasteiger partial charge in [-0.2, -0.15) is 0 Å². The van der Waals surface area contributed by atoms with Crippen LogP contribution in [0.2, 0.25) is 0 Å². The van der Waals surface area contributed by atoms with Gasteiger partial charge in [0.15, 0.2) is 0 Å². The minimum atomic E-state index is 0.341. The molecule has 0 amide bonds. The van der Waals surface area contributed by atoms with Crippen LogP contribution in [0.15, 0.2) is 0 Å². The van der Waals surface area contributed by atoms with Gasteiger partial charge in [0.25, 0.3) is 0 Å². The van der Waals surface area contributed by atoms with Crippen molar-refractivity contribution < 1.29 is 9.84 Å². The van der Waals surface area contributed by atoms with Gasteiger partial charge in [-0.3, -0.25) is 0 Å². The topological polar surface area (TPSA) is 29.5 Å². The van der Waals surface area contributed by atoms with Crippen molar-refractivity contribution >= 4 is 0 Å². The Morgan fingerprint density at radius 1 is 0.536 bits per heavy atom. The molecule has 0 spiro atoms. The maximum atomic E-state index is 9.04. The molecule has 0 atom stereocenters. The lowest BCUT2D eigenvalue weighted by Crippen LogP contribution is -2.19. The third-order valence-electron chi connectivity index (χ3n) is 7.67. The summed E-state index contributed by atoms with van der Waals surface area (Å²) in [7, 11) is 0. The Morgan fingerprint density at radius 3 is 1.29 bits per heavy atom. The molecule has 0 bridgehead atoms. The predicted molar refractivity (Wildman–Crippen MR) is 125 cm³/mol. The highest BCUT2D eigenvalue weighted by Gasteiger charge is 2.25. The summed E-state index contributed by atoms with van der Waals surface area (Å²) >= 11 is 0. The fourth-order valence-electron chi connectivity index (χ4n) is 4.84. The summed E-state index contributed by atoms with van der Waals surface area (Å²) in [6.45, 7) is 14.0. The zero-order chi connectivity index (χ0) is 21.1. The summed E-state index contributed by atoms with van der Waals surface area (Å²) < 4.78 is 5.94. The van der Waals surface area contributed by atoms with Crippen molar-refractivity contribution in [3.63, 3.8) is 0 Å². The molecular formula is C26H54O2. The summed E-state index contributed by atoms with van der Waals surface area (Å²) in [6, 6.07) is 0. The molecule has 0 rings (SSSR count). The third kappa shape index (κ3) is 11.8. The van der Waals surface area contributed by atoms with E-state index < -0.39 is 0 Å². The van der Waals surface area contributed by atoms with Crippen molar-refractivity contribution in [2.75, 3.05) is 19.8 Å². The summed E-state index contributed by atoms with van der Waals surface area (Å²) in [4.78, 5) is 0. The van der Waals surface area contributed by atoms with E-state index >= 15 is 0 Å². The van der Waals surface area contributed by atoms with Gasteiger partial charge in [-0.25, -0.2) is 0 Å². The normalized spacial score (nSPS) is 12.6. The molecule has 0 heterocycles. The molecule has 0 saturated heterocycles. The summed E-state index contributed by atoms with van der Waals surface area (Å²) in [5, 5.41) is 9.04. The highest BCUT2D eigenvalue weighted by atomic mass is 16.5. The molecule has 0 aromatic heterocycles. The van der Waals surface area contributed by atoms with Crippen LogP contribution in [0.5, 0.6) is 0 Å². The molecule has 0 aliphatic rings. The number of unbranched alkanes of at least 4 members (excludes halogenated alkanes) is 4. The highest BCUT2D eigenvalue weighted by molar-refractivity contribution is 4.77. The molecule has 28 heavy (non-hydrogen) atoms. The van der Waals surface area contributed by atoms with Gasteiger partial charge >= 0.3 is 0 Å². The maximum absolute atomic E-state index is 9.04. The van der Waals surface area contributed by atoms with Gasteiger partial charge in [0.1, 0.15) is 0 Å². The van der Waals surface area contributed by atoms with E-state index in [4.69, 9.17) is 9.84 Å². The lowest BCUT2D eigenvalue weighted by atomic mass is 9.74. The molecule has 0 aliphatic carbocycles. The van der Waals surface area contributed by atoms with Crippen molar-refractivity contribution in [2.24, 2.45) is 10.8 Å².